The van der Waals surface area contributed by atoms with E-state index in [2.05, 4.69) is 25.4 Å². The van der Waals surface area contributed by atoms with Gasteiger partial charge >= 0.3 is 0 Å². The third-order valence-corrected chi connectivity index (χ3v) is 5.34. The Balaban J connectivity index is 1.36. The average Bonchev–Trinajstić information content (AvgIpc) is 3.18. The lowest BCUT2D eigenvalue weighted by Crippen LogP contribution is -2.39. The van der Waals surface area contributed by atoms with Gasteiger partial charge in [0, 0.05) is 55.4 Å². The number of hydrogen-bond acceptors (Lipinski definition) is 6. The fraction of sp³-hybridized carbons (Fsp3) is 0.348. The quantitative estimate of drug-likeness (QED) is 0.620. The van der Waals surface area contributed by atoms with Crippen molar-refractivity contribution >= 4 is 23.6 Å². The summed E-state index contributed by atoms with van der Waals surface area (Å²) >= 11 is 0. The van der Waals surface area contributed by atoms with Crippen LogP contribution < -0.4 is 5.32 Å². The Labute approximate surface area is 182 Å². The second kappa shape index (κ2) is 9.51. The largest absolute Gasteiger partial charge is 0.339 e. The molecule has 4 rings (SSSR count). The van der Waals surface area contributed by atoms with Crippen LogP contribution in [0.2, 0.25) is 0 Å². The maximum Gasteiger partial charge on any atom is 0.246 e. The molecule has 0 spiro atoms. The van der Waals surface area contributed by atoms with Crippen LogP contribution in [0.4, 0.5) is 11.6 Å². The van der Waals surface area contributed by atoms with Gasteiger partial charge in [0.25, 0.3) is 0 Å². The molecule has 160 valence electrons. The van der Waals surface area contributed by atoms with E-state index in [4.69, 9.17) is 0 Å². The summed E-state index contributed by atoms with van der Waals surface area (Å²) in [4.78, 5) is 27.8. The van der Waals surface area contributed by atoms with Crippen molar-refractivity contribution in [2.45, 2.75) is 26.2 Å². The molecule has 0 saturated carbocycles. The molecule has 0 aliphatic carbocycles. The Bertz CT molecular complexity index is 1080. The summed E-state index contributed by atoms with van der Waals surface area (Å²) < 4.78 is 1.72. The van der Waals surface area contributed by atoms with Gasteiger partial charge in [0.2, 0.25) is 5.91 Å². The van der Waals surface area contributed by atoms with Crippen LogP contribution in [0.15, 0.2) is 49.1 Å². The van der Waals surface area contributed by atoms with Gasteiger partial charge in [-0.15, -0.1) is 0 Å². The summed E-state index contributed by atoms with van der Waals surface area (Å²) in [5, 5.41) is 7.36. The Morgan fingerprint density at radius 3 is 3.00 bits per heavy atom. The van der Waals surface area contributed by atoms with Crippen molar-refractivity contribution in [1.82, 2.24) is 29.6 Å². The van der Waals surface area contributed by atoms with Crippen LogP contribution in [0.25, 0.3) is 6.08 Å². The molecule has 3 aromatic rings. The smallest absolute Gasteiger partial charge is 0.246 e. The maximum absolute atomic E-state index is 12.6. The number of carbonyl (C=O) groups is 1. The van der Waals surface area contributed by atoms with Gasteiger partial charge in [-0.1, -0.05) is 6.07 Å². The van der Waals surface area contributed by atoms with Crippen LogP contribution in [0.5, 0.6) is 0 Å². The molecule has 1 atom stereocenters. The normalized spacial score (nSPS) is 16.6. The summed E-state index contributed by atoms with van der Waals surface area (Å²) in [6, 6.07) is 7.80. The van der Waals surface area contributed by atoms with Gasteiger partial charge in [-0.3, -0.25) is 9.48 Å². The zero-order chi connectivity index (χ0) is 21.6. The van der Waals surface area contributed by atoms with Gasteiger partial charge in [0.05, 0.1) is 6.20 Å². The van der Waals surface area contributed by atoms with Crippen LogP contribution in [-0.2, 0) is 18.3 Å². The number of aryl methyl sites for hydroxylation is 2. The van der Waals surface area contributed by atoms with Gasteiger partial charge in [-0.05, 0) is 50.3 Å². The number of amides is 1. The zero-order valence-electron chi connectivity index (χ0n) is 17.9. The number of pyridine rings is 1. The van der Waals surface area contributed by atoms with E-state index in [1.54, 1.807) is 23.3 Å². The summed E-state index contributed by atoms with van der Waals surface area (Å²) in [5.41, 5.74) is 2.84. The molecule has 8 heteroatoms. The van der Waals surface area contributed by atoms with Crippen LogP contribution >= 0.6 is 0 Å². The lowest BCUT2D eigenvalue weighted by atomic mass is 9.93. The van der Waals surface area contributed by atoms with Crippen molar-refractivity contribution in [2.75, 3.05) is 18.4 Å². The van der Waals surface area contributed by atoms with E-state index in [9.17, 15) is 4.79 Å². The Morgan fingerprint density at radius 2 is 2.19 bits per heavy atom. The van der Waals surface area contributed by atoms with E-state index in [-0.39, 0.29) is 5.91 Å². The molecule has 0 radical (unpaired) electrons. The Hall–Kier alpha value is -3.55. The Kier molecular flexibility index (Phi) is 6.35. The number of hydrogen-bond donors (Lipinski definition) is 1. The molecule has 1 fully saturated rings. The van der Waals surface area contributed by atoms with Crippen molar-refractivity contribution in [1.29, 1.82) is 0 Å². The van der Waals surface area contributed by atoms with E-state index in [0.29, 0.717) is 5.92 Å². The van der Waals surface area contributed by atoms with Crippen LogP contribution in [0.1, 0.15) is 29.8 Å². The fourth-order valence-electron chi connectivity index (χ4n) is 3.85. The minimum absolute atomic E-state index is 0.0455. The minimum Gasteiger partial charge on any atom is -0.339 e. The van der Waals surface area contributed by atoms with Crippen LogP contribution in [0.3, 0.4) is 0 Å². The number of nitrogens with zero attached hydrogens (tertiary/aromatic N) is 6. The van der Waals surface area contributed by atoms with Gasteiger partial charge in [0.15, 0.2) is 0 Å². The molecule has 8 nitrogen and oxygen atoms in total. The SMILES string of the molecule is Cc1cccc(Nc2cc(C[C@@H]3CCCN(C(=O)/C=C/c4cnn(C)c4)C3)ncn2)n1. The monoisotopic (exact) mass is 417 g/mol. The summed E-state index contributed by atoms with van der Waals surface area (Å²) in [7, 11) is 1.86. The first-order valence-electron chi connectivity index (χ1n) is 10.5. The molecule has 0 unspecified atom stereocenters. The van der Waals surface area contributed by atoms with Crippen molar-refractivity contribution in [3.05, 3.63) is 66.0 Å². The molecule has 1 N–H and O–H groups in total. The average molecular weight is 418 g/mol. The predicted octanol–water partition coefficient (Wildman–Crippen LogP) is 3.15. The van der Waals surface area contributed by atoms with Gasteiger partial charge in [0.1, 0.15) is 18.0 Å². The molecular formula is C23H27N7O. The molecule has 3 aromatic heterocycles. The first-order valence-corrected chi connectivity index (χ1v) is 10.5. The van der Waals surface area contributed by atoms with Crippen molar-refractivity contribution in [3.8, 4) is 0 Å². The highest BCUT2D eigenvalue weighted by atomic mass is 16.2. The fourth-order valence-corrected chi connectivity index (χ4v) is 3.85. The molecule has 0 bridgehead atoms. The number of anilines is 2. The first-order chi connectivity index (χ1) is 15.0. The predicted molar refractivity (Wildman–Crippen MR) is 120 cm³/mol. The second-order valence-electron chi connectivity index (χ2n) is 7.96. The van der Waals surface area contributed by atoms with Crippen LogP contribution in [-0.4, -0.2) is 48.6 Å². The van der Waals surface area contributed by atoms with E-state index >= 15 is 0 Å². The molecule has 1 amide bonds. The van der Waals surface area contributed by atoms with Gasteiger partial charge < -0.3 is 10.2 Å². The van der Waals surface area contributed by atoms with Gasteiger partial charge in [-0.25, -0.2) is 15.0 Å². The second-order valence-corrected chi connectivity index (χ2v) is 7.96. The highest BCUT2D eigenvalue weighted by molar-refractivity contribution is 5.91. The van der Waals surface area contributed by atoms with Crippen molar-refractivity contribution in [3.63, 3.8) is 0 Å². The molecule has 1 aliphatic rings. The standard InChI is InChI=1S/C23H27N7O/c1-17-5-3-7-21(27-17)28-22-12-20(24-16-25-22)11-18-6-4-10-30(15-18)23(31)9-8-19-13-26-29(2)14-19/h3,5,7-9,12-14,16,18H,4,6,10-11,15H2,1-2H3,(H,24,25,27,28)/b9-8+/t18-/m0/s1. The number of likely N-dealkylation sites (tertiary alicyclic amines) is 1. The number of aromatic nitrogens is 5. The summed E-state index contributed by atoms with van der Waals surface area (Å²) in [6.07, 6.45) is 11.6. The first kappa shape index (κ1) is 20.7. The topological polar surface area (TPSA) is 88.8 Å². The lowest BCUT2D eigenvalue weighted by Gasteiger charge is -2.32. The molecule has 31 heavy (non-hydrogen) atoms. The number of rotatable bonds is 6. The molecular weight excluding hydrogens is 390 g/mol. The third kappa shape index (κ3) is 5.75. The van der Waals surface area contributed by atoms with Crippen molar-refractivity contribution in [2.24, 2.45) is 13.0 Å². The Morgan fingerprint density at radius 1 is 1.29 bits per heavy atom. The van der Waals surface area contributed by atoms with E-state index in [0.717, 1.165) is 60.9 Å². The lowest BCUT2D eigenvalue weighted by molar-refractivity contribution is -0.127. The highest BCUT2D eigenvalue weighted by Gasteiger charge is 2.23. The number of nitrogens with one attached hydrogen (secondary N) is 1. The summed E-state index contributed by atoms with van der Waals surface area (Å²) in [6.45, 7) is 3.49. The van der Waals surface area contributed by atoms with Crippen LogP contribution in [0, 0.1) is 12.8 Å². The summed E-state index contributed by atoms with van der Waals surface area (Å²) in [5.74, 6) is 1.92. The number of piperidine rings is 1. The molecule has 1 saturated heterocycles. The molecule has 4 heterocycles. The maximum atomic E-state index is 12.6. The number of carbonyl (C=O) groups excluding carboxylic acids is 1. The van der Waals surface area contributed by atoms with E-state index < -0.39 is 0 Å². The van der Waals surface area contributed by atoms with E-state index in [1.807, 2.05) is 55.4 Å². The van der Waals surface area contributed by atoms with E-state index in [1.165, 1.54) is 0 Å². The highest BCUT2D eigenvalue weighted by Crippen LogP contribution is 2.22. The molecule has 1 aliphatic heterocycles. The van der Waals surface area contributed by atoms with Gasteiger partial charge in [-0.2, -0.15) is 5.10 Å². The zero-order valence-corrected chi connectivity index (χ0v) is 17.9. The third-order valence-electron chi connectivity index (χ3n) is 5.34. The minimum atomic E-state index is 0.0455. The molecule has 0 aromatic carbocycles. The van der Waals surface area contributed by atoms with Crippen molar-refractivity contribution < 1.29 is 4.79 Å².